The number of pyridine rings is 1. The van der Waals surface area contributed by atoms with E-state index in [0.717, 1.165) is 5.56 Å². The molecule has 0 atom stereocenters. The van der Waals surface area contributed by atoms with E-state index < -0.39 is 0 Å². The Morgan fingerprint density at radius 1 is 1.16 bits per heavy atom. The third-order valence-electron chi connectivity index (χ3n) is 2.51. The molecule has 0 bridgehead atoms. The second kappa shape index (κ2) is 4.70. The van der Waals surface area contributed by atoms with E-state index in [1.807, 2.05) is 12.1 Å². The Labute approximate surface area is 114 Å². The molecule has 94 valence electrons. The van der Waals surface area contributed by atoms with Crippen LogP contribution < -0.4 is 5.73 Å². The van der Waals surface area contributed by atoms with E-state index in [1.54, 1.807) is 30.5 Å². The molecule has 0 aliphatic carbocycles. The summed E-state index contributed by atoms with van der Waals surface area (Å²) in [6.45, 7) is 0. The summed E-state index contributed by atoms with van der Waals surface area (Å²) in [5.41, 5.74) is 7.52. The van der Waals surface area contributed by atoms with E-state index in [0.29, 0.717) is 28.1 Å². The fourth-order valence-electron chi connectivity index (χ4n) is 1.60. The maximum Gasteiger partial charge on any atom is 0.276 e. The summed E-state index contributed by atoms with van der Waals surface area (Å²) >= 11 is 5.92. The lowest BCUT2D eigenvalue weighted by molar-refractivity contribution is 0.431. The molecule has 0 radical (unpaired) electrons. The van der Waals surface area contributed by atoms with Crippen molar-refractivity contribution < 1.29 is 4.52 Å². The molecule has 19 heavy (non-hydrogen) atoms. The van der Waals surface area contributed by atoms with E-state index >= 15 is 0 Å². The van der Waals surface area contributed by atoms with E-state index in [-0.39, 0.29) is 0 Å². The number of benzene rings is 1. The number of nitrogens with two attached hydrogens (primary N) is 1. The standard InChI is InChI=1S/C13H9ClN4O/c14-9-3-1-2-8(6-9)12-17-13(19-18-12)11-5-4-10(15)7-16-11/h1-7H,15H2. The maximum absolute atomic E-state index is 5.92. The Kier molecular flexibility index (Phi) is 2.89. The van der Waals surface area contributed by atoms with Crippen molar-refractivity contribution >= 4 is 17.3 Å². The highest BCUT2D eigenvalue weighted by molar-refractivity contribution is 6.30. The van der Waals surface area contributed by atoms with Crippen molar-refractivity contribution in [3.05, 3.63) is 47.6 Å². The molecule has 2 N–H and O–H groups in total. The van der Waals surface area contributed by atoms with Crippen molar-refractivity contribution in [2.75, 3.05) is 5.73 Å². The fourth-order valence-corrected chi connectivity index (χ4v) is 1.79. The first kappa shape index (κ1) is 11.7. The molecule has 0 spiro atoms. The monoisotopic (exact) mass is 272 g/mol. The van der Waals surface area contributed by atoms with E-state index in [1.165, 1.54) is 0 Å². The van der Waals surface area contributed by atoms with E-state index in [9.17, 15) is 0 Å². The van der Waals surface area contributed by atoms with E-state index in [2.05, 4.69) is 15.1 Å². The summed E-state index contributed by atoms with van der Waals surface area (Å²) in [6, 6.07) is 10.7. The molecule has 0 saturated carbocycles. The number of nitrogens with zero attached hydrogens (tertiary/aromatic N) is 3. The van der Waals surface area contributed by atoms with Gasteiger partial charge in [-0.05, 0) is 24.3 Å². The van der Waals surface area contributed by atoms with Crippen LogP contribution in [0, 0.1) is 0 Å². The zero-order valence-electron chi connectivity index (χ0n) is 9.75. The van der Waals surface area contributed by atoms with Gasteiger partial charge in [0.15, 0.2) is 0 Å². The number of hydrogen-bond donors (Lipinski definition) is 1. The highest BCUT2D eigenvalue weighted by atomic mass is 35.5. The van der Waals surface area contributed by atoms with Crippen LogP contribution in [0.2, 0.25) is 5.02 Å². The van der Waals surface area contributed by atoms with Gasteiger partial charge in [-0.25, -0.2) is 4.98 Å². The van der Waals surface area contributed by atoms with Gasteiger partial charge in [-0.15, -0.1) is 0 Å². The fraction of sp³-hybridized carbons (Fsp3) is 0. The lowest BCUT2D eigenvalue weighted by Gasteiger charge is -1.94. The van der Waals surface area contributed by atoms with Gasteiger partial charge in [-0.1, -0.05) is 28.9 Å². The van der Waals surface area contributed by atoms with Gasteiger partial charge in [0.1, 0.15) is 5.69 Å². The topological polar surface area (TPSA) is 77.8 Å². The second-order valence-electron chi connectivity index (χ2n) is 3.91. The predicted molar refractivity (Wildman–Crippen MR) is 72.4 cm³/mol. The highest BCUT2D eigenvalue weighted by Gasteiger charge is 2.11. The molecular formula is C13H9ClN4O. The van der Waals surface area contributed by atoms with Crippen LogP contribution in [-0.2, 0) is 0 Å². The van der Waals surface area contributed by atoms with Gasteiger partial charge in [-0.2, -0.15) is 4.98 Å². The lowest BCUT2D eigenvalue weighted by atomic mass is 10.2. The van der Waals surface area contributed by atoms with Gasteiger partial charge in [0.05, 0.1) is 11.9 Å². The number of hydrogen-bond acceptors (Lipinski definition) is 5. The lowest BCUT2D eigenvalue weighted by Crippen LogP contribution is -1.88. The van der Waals surface area contributed by atoms with Crippen LogP contribution >= 0.6 is 11.6 Å². The third kappa shape index (κ3) is 2.41. The number of rotatable bonds is 2. The predicted octanol–water partition coefficient (Wildman–Crippen LogP) is 3.03. The third-order valence-corrected chi connectivity index (χ3v) is 2.75. The molecule has 0 aliphatic rings. The first-order chi connectivity index (χ1) is 9.22. The second-order valence-corrected chi connectivity index (χ2v) is 4.35. The van der Waals surface area contributed by atoms with Crippen LogP contribution in [0.5, 0.6) is 0 Å². The number of anilines is 1. The molecule has 0 amide bonds. The van der Waals surface area contributed by atoms with Gasteiger partial charge in [0.25, 0.3) is 5.89 Å². The van der Waals surface area contributed by atoms with Gasteiger partial charge < -0.3 is 10.3 Å². The number of halogens is 1. The molecule has 2 heterocycles. The Morgan fingerprint density at radius 3 is 2.79 bits per heavy atom. The summed E-state index contributed by atoms with van der Waals surface area (Å²) in [5, 5.41) is 4.53. The van der Waals surface area contributed by atoms with Gasteiger partial charge in [-0.3, -0.25) is 0 Å². The van der Waals surface area contributed by atoms with E-state index in [4.69, 9.17) is 21.9 Å². The van der Waals surface area contributed by atoms with Crippen LogP contribution in [0.25, 0.3) is 23.0 Å². The quantitative estimate of drug-likeness (QED) is 0.776. The zero-order chi connectivity index (χ0) is 13.2. The average molecular weight is 273 g/mol. The zero-order valence-corrected chi connectivity index (χ0v) is 10.5. The Balaban J connectivity index is 1.97. The minimum atomic E-state index is 0.343. The van der Waals surface area contributed by atoms with Crippen LogP contribution in [0.1, 0.15) is 0 Å². The van der Waals surface area contributed by atoms with Gasteiger partial charge in [0, 0.05) is 10.6 Å². The average Bonchev–Trinajstić information content (AvgIpc) is 2.89. The number of nitrogen functional groups attached to an aromatic ring is 1. The molecule has 0 saturated heterocycles. The van der Waals surface area contributed by atoms with Crippen molar-refractivity contribution in [2.24, 2.45) is 0 Å². The molecule has 0 fully saturated rings. The van der Waals surface area contributed by atoms with Crippen LogP contribution in [0.15, 0.2) is 47.1 Å². The Hall–Kier alpha value is -2.40. The summed E-state index contributed by atoms with van der Waals surface area (Å²) in [4.78, 5) is 8.41. The summed E-state index contributed by atoms with van der Waals surface area (Å²) in [7, 11) is 0. The Morgan fingerprint density at radius 2 is 2.05 bits per heavy atom. The molecule has 0 aliphatic heterocycles. The smallest absolute Gasteiger partial charge is 0.276 e. The van der Waals surface area contributed by atoms with Crippen molar-refractivity contribution in [1.82, 2.24) is 15.1 Å². The Bertz CT molecular complexity index is 709. The van der Waals surface area contributed by atoms with Crippen LogP contribution in [0.3, 0.4) is 0 Å². The normalized spacial score (nSPS) is 10.6. The molecular weight excluding hydrogens is 264 g/mol. The molecule has 6 heteroatoms. The van der Waals surface area contributed by atoms with Crippen molar-refractivity contribution in [2.45, 2.75) is 0 Å². The van der Waals surface area contributed by atoms with Gasteiger partial charge in [0.2, 0.25) is 5.82 Å². The minimum absolute atomic E-state index is 0.343. The minimum Gasteiger partial charge on any atom is -0.397 e. The molecule has 2 aromatic heterocycles. The summed E-state index contributed by atoms with van der Waals surface area (Å²) in [5.74, 6) is 0.811. The molecule has 1 aromatic carbocycles. The maximum atomic E-state index is 5.92. The molecule has 3 rings (SSSR count). The summed E-state index contributed by atoms with van der Waals surface area (Å²) < 4.78 is 5.18. The van der Waals surface area contributed by atoms with Gasteiger partial charge >= 0.3 is 0 Å². The molecule has 3 aromatic rings. The van der Waals surface area contributed by atoms with Crippen LogP contribution in [0.4, 0.5) is 5.69 Å². The van der Waals surface area contributed by atoms with Crippen molar-refractivity contribution in [3.63, 3.8) is 0 Å². The first-order valence-corrected chi connectivity index (χ1v) is 5.92. The molecule has 0 unspecified atom stereocenters. The SMILES string of the molecule is Nc1ccc(-c2nc(-c3cccc(Cl)c3)no2)nc1. The van der Waals surface area contributed by atoms with Crippen molar-refractivity contribution in [3.8, 4) is 23.0 Å². The first-order valence-electron chi connectivity index (χ1n) is 5.54. The molecule has 5 nitrogen and oxygen atoms in total. The van der Waals surface area contributed by atoms with Crippen molar-refractivity contribution in [1.29, 1.82) is 0 Å². The number of aromatic nitrogens is 3. The van der Waals surface area contributed by atoms with Crippen LogP contribution in [-0.4, -0.2) is 15.1 Å². The highest BCUT2D eigenvalue weighted by Crippen LogP contribution is 2.23. The largest absolute Gasteiger partial charge is 0.397 e. The summed E-state index contributed by atoms with van der Waals surface area (Å²) in [6.07, 6.45) is 1.54.